The number of thiazole rings is 1. The first-order valence-electron chi connectivity index (χ1n) is 13.8. The zero-order valence-corrected chi connectivity index (χ0v) is 24.9. The van der Waals surface area contributed by atoms with Gasteiger partial charge in [-0.25, -0.2) is 9.78 Å². The van der Waals surface area contributed by atoms with Gasteiger partial charge in [-0.1, -0.05) is 17.4 Å². The molecule has 5 rings (SSSR count). The molecule has 2 aliphatic heterocycles. The van der Waals surface area contributed by atoms with Gasteiger partial charge in [0.05, 0.1) is 37.1 Å². The lowest BCUT2D eigenvalue weighted by Crippen LogP contribution is -2.29. The Bertz CT molecular complexity index is 1590. The highest BCUT2D eigenvalue weighted by Crippen LogP contribution is 2.46. The van der Waals surface area contributed by atoms with Crippen molar-refractivity contribution in [2.75, 3.05) is 24.7 Å². The molecule has 0 saturated carbocycles. The average Bonchev–Trinajstić information content (AvgIpc) is 3.61. The number of hydrogen-bond acceptors (Lipinski definition) is 10. The first-order chi connectivity index (χ1) is 20.2. The summed E-state index contributed by atoms with van der Waals surface area (Å²) < 4.78 is 22.5. The minimum atomic E-state index is -1.07. The number of aryl methyl sites for hydroxylation is 1. The summed E-state index contributed by atoms with van der Waals surface area (Å²) >= 11 is 0.951. The maximum atomic E-state index is 13.7. The molecule has 0 bridgehead atoms. The second-order valence-corrected chi connectivity index (χ2v) is 10.8. The van der Waals surface area contributed by atoms with E-state index in [1.165, 1.54) is 4.90 Å². The van der Waals surface area contributed by atoms with Crippen LogP contribution in [0, 0.1) is 6.92 Å². The Balaban J connectivity index is 1.69. The number of ether oxygens (including phenoxy) is 4. The van der Waals surface area contributed by atoms with Crippen LogP contribution < -0.4 is 19.1 Å². The molecule has 2 atom stereocenters. The van der Waals surface area contributed by atoms with Crippen LogP contribution in [0.15, 0.2) is 42.0 Å². The summed E-state index contributed by atoms with van der Waals surface area (Å²) in [7, 11) is 0. The smallest absolute Gasteiger partial charge is 0.350 e. The number of esters is 1. The highest BCUT2D eigenvalue weighted by Gasteiger charge is 2.49. The van der Waals surface area contributed by atoms with Gasteiger partial charge in [0.1, 0.15) is 22.5 Å². The number of aliphatic hydroxyl groups is 1. The van der Waals surface area contributed by atoms with Crippen LogP contribution in [-0.4, -0.2) is 53.7 Å². The first kappa shape index (κ1) is 29.1. The molecule has 1 fully saturated rings. The summed E-state index contributed by atoms with van der Waals surface area (Å²) in [4.78, 5) is 45.8. The van der Waals surface area contributed by atoms with E-state index >= 15 is 0 Å². The van der Waals surface area contributed by atoms with Crippen LogP contribution >= 0.6 is 11.3 Å². The van der Waals surface area contributed by atoms with Crippen LogP contribution in [-0.2, 0) is 20.7 Å². The van der Waals surface area contributed by atoms with E-state index in [1.54, 1.807) is 50.2 Å². The van der Waals surface area contributed by atoms with Gasteiger partial charge < -0.3 is 24.1 Å². The predicted octanol–water partition coefficient (Wildman–Crippen LogP) is 5.38. The van der Waals surface area contributed by atoms with Crippen molar-refractivity contribution in [3.63, 3.8) is 0 Å². The molecule has 0 unspecified atom stereocenters. The summed E-state index contributed by atoms with van der Waals surface area (Å²) in [5.41, 5.74) is 2.03. The number of nitrogens with zero attached hydrogens (tertiary/aromatic N) is 2. The zero-order valence-electron chi connectivity index (χ0n) is 24.1. The van der Waals surface area contributed by atoms with Gasteiger partial charge in [0.15, 0.2) is 16.6 Å². The van der Waals surface area contributed by atoms with Crippen LogP contribution in [0.2, 0.25) is 0 Å². The molecule has 220 valence electrons. The van der Waals surface area contributed by atoms with Crippen molar-refractivity contribution in [1.29, 1.82) is 0 Å². The van der Waals surface area contributed by atoms with Crippen LogP contribution in [0.5, 0.6) is 17.2 Å². The Morgan fingerprint density at radius 3 is 2.52 bits per heavy atom. The second kappa shape index (κ2) is 11.8. The monoisotopic (exact) mass is 592 g/mol. The summed E-state index contributed by atoms with van der Waals surface area (Å²) in [6, 6.07) is 9.23. The maximum Gasteiger partial charge on any atom is 0.350 e. The van der Waals surface area contributed by atoms with Crippen LogP contribution in [0.25, 0.3) is 5.76 Å². The minimum absolute atomic E-state index is 0.00875. The van der Waals surface area contributed by atoms with Crippen molar-refractivity contribution in [1.82, 2.24) is 4.98 Å². The van der Waals surface area contributed by atoms with E-state index in [0.29, 0.717) is 53.7 Å². The zero-order chi connectivity index (χ0) is 30.1. The molecule has 10 nitrogen and oxygen atoms in total. The van der Waals surface area contributed by atoms with Crippen molar-refractivity contribution < 1.29 is 38.4 Å². The molecule has 0 spiro atoms. The van der Waals surface area contributed by atoms with Crippen LogP contribution in [0.4, 0.5) is 5.13 Å². The Hall–Kier alpha value is -4.38. The van der Waals surface area contributed by atoms with E-state index in [1.807, 2.05) is 20.8 Å². The van der Waals surface area contributed by atoms with Gasteiger partial charge in [0.25, 0.3) is 5.78 Å². The standard InChI is InChI=1S/C31H32N2O8S/c1-6-38-22-12-9-18(15-23(22)39-7-2)25-24(26(34)19-10-11-21-20(14-19)13-16(4)41-21)27(35)29(36)33(25)31-32-17(5)28(42-31)30(37)40-8-3/h9-12,14-16,25,34H,6-8,13H2,1-5H3/b26-24+/t16-,25+/m0/s1. The fourth-order valence-electron chi connectivity index (χ4n) is 5.18. The Morgan fingerprint density at radius 2 is 1.81 bits per heavy atom. The molecule has 1 saturated heterocycles. The number of fused-ring (bicyclic) bond motifs is 1. The van der Waals surface area contributed by atoms with E-state index in [-0.39, 0.29) is 34.1 Å². The molecular weight excluding hydrogens is 560 g/mol. The Kier molecular flexibility index (Phi) is 8.22. The maximum absolute atomic E-state index is 13.7. The topological polar surface area (TPSA) is 124 Å². The number of hydrogen-bond donors (Lipinski definition) is 1. The van der Waals surface area contributed by atoms with E-state index in [9.17, 15) is 19.5 Å². The Morgan fingerprint density at radius 1 is 1.07 bits per heavy atom. The van der Waals surface area contributed by atoms with Crippen molar-refractivity contribution in [3.8, 4) is 17.2 Å². The van der Waals surface area contributed by atoms with Crippen LogP contribution in [0.3, 0.4) is 0 Å². The fraction of sp³-hybridized carbons (Fsp3) is 0.355. The molecule has 1 N–H and O–H groups in total. The third-order valence-corrected chi connectivity index (χ3v) is 8.09. The molecule has 1 aromatic heterocycles. The van der Waals surface area contributed by atoms with Crippen molar-refractivity contribution in [2.24, 2.45) is 0 Å². The second-order valence-electron chi connectivity index (χ2n) is 9.83. The number of benzene rings is 2. The molecule has 3 aromatic rings. The van der Waals surface area contributed by atoms with Gasteiger partial charge >= 0.3 is 11.9 Å². The van der Waals surface area contributed by atoms with Gasteiger partial charge in [0.2, 0.25) is 0 Å². The van der Waals surface area contributed by atoms with Crippen molar-refractivity contribution >= 4 is 39.9 Å². The molecule has 1 amide bonds. The highest BCUT2D eigenvalue weighted by molar-refractivity contribution is 7.17. The SMILES string of the molecule is CCOC(=O)c1sc(N2C(=O)C(=O)/C(=C(/O)c3ccc4c(c3)C[C@H](C)O4)[C@H]2c2ccc(OCC)c(OCC)c2)nc1C. The van der Waals surface area contributed by atoms with E-state index in [2.05, 4.69) is 4.98 Å². The number of carbonyl (C=O) groups excluding carboxylic acids is 3. The third kappa shape index (κ3) is 5.20. The van der Waals surface area contributed by atoms with E-state index in [0.717, 1.165) is 16.9 Å². The number of anilines is 1. The summed E-state index contributed by atoms with van der Waals surface area (Å²) in [5, 5.41) is 11.8. The van der Waals surface area contributed by atoms with Crippen molar-refractivity contribution in [2.45, 2.75) is 53.2 Å². The number of ketones is 1. The number of aliphatic hydroxyl groups excluding tert-OH is 1. The summed E-state index contributed by atoms with van der Waals surface area (Å²) in [6.07, 6.45) is 0.644. The van der Waals surface area contributed by atoms with Gasteiger partial charge in [-0.2, -0.15) is 0 Å². The number of carbonyl (C=O) groups is 3. The average molecular weight is 593 g/mol. The lowest BCUT2D eigenvalue weighted by molar-refractivity contribution is -0.132. The first-order valence-corrected chi connectivity index (χ1v) is 14.6. The molecular formula is C31H32N2O8S. The van der Waals surface area contributed by atoms with Gasteiger partial charge in [-0.05, 0) is 76.1 Å². The molecule has 2 aromatic carbocycles. The minimum Gasteiger partial charge on any atom is -0.507 e. The van der Waals surface area contributed by atoms with E-state index in [4.69, 9.17) is 18.9 Å². The summed E-state index contributed by atoms with van der Waals surface area (Å²) in [6.45, 7) is 9.91. The van der Waals surface area contributed by atoms with Gasteiger partial charge in [-0.3, -0.25) is 14.5 Å². The molecule has 11 heteroatoms. The number of aromatic nitrogens is 1. The summed E-state index contributed by atoms with van der Waals surface area (Å²) in [5.74, 6) is -1.00. The third-order valence-electron chi connectivity index (χ3n) is 6.95. The number of amides is 1. The number of rotatable bonds is 9. The molecule has 0 radical (unpaired) electrons. The van der Waals surface area contributed by atoms with E-state index < -0.39 is 23.7 Å². The van der Waals surface area contributed by atoms with Gasteiger partial charge in [0, 0.05) is 12.0 Å². The normalized spacial score (nSPS) is 19.0. The fourth-order valence-corrected chi connectivity index (χ4v) is 6.17. The largest absolute Gasteiger partial charge is 0.507 e. The Labute approximate surface area is 247 Å². The lowest BCUT2D eigenvalue weighted by Gasteiger charge is -2.24. The number of Topliss-reactive ketones (excluding diaryl/α,β-unsaturated/α-hetero) is 1. The van der Waals surface area contributed by atoms with Crippen molar-refractivity contribution in [3.05, 3.63) is 69.2 Å². The highest BCUT2D eigenvalue weighted by atomic mass is 32.1. The quantitative estimate of drug-likeness (QED) is 0.151. The predicted molar refractivity (Wildman–Crippen MR) is 157 cm³/mol. The van der Waals surface area contributed by atoms with Gasteiger partial charge in [-0.15, -0.1) is 0 Å². The molecule has 0 aliphatic carbocycles. The van der Waals surface area contributed by atoms with Crippen LogP contribution in [0.1, 0.15) is 65.8 Å². The molecule has 42 heavy (non-hydrogen) atoms. The molecule has 2 aliphatic rings. The molecule has 3 heterocycles. The lowest BCUT2D eigenvalue weighted by atomic mass is 9.94.